The number of hydrogen-bond acceptors (Lipinski definition) is 7. The van der Waals surface area contributed by atoms with E-state index in [9.17, 15) is 9.59 Å². The molecule has 7 nitrogen and oxygen atoms in total. The number of carbonyl (C=O) groups excluding carboxylic acids is 2. The molecule has 0 aliphatic rings. The van der Waals surface area contributed by atoms with Crippen LogP contribution < -0.4 is 0 Å². The van der Waals surface area contributed by atoms with Gasteiger partial charge in [0.05, 0.1) is 19.8 Å². The van der Waals surface area contributed by atoms with Crippen molar-refractivity contribution in [2.75, 3.05) is 39.5 Å². The number of aliphatic hydroxyl groups excluding tert-OH is 1. The summed E-state index contributed by atoms with van der Waals surface area (Å²) in [6.45, 7) is 13.0. The zero-order chi connectivity index (χ0) is 40.3. The highest BCUT2D eigenvalue weighted by Gasteiger charge is 2.16. The van der Waals surface area contributed by atoms with Crippen LogP contribution in [0.15, 0.2) is 0 Å². The third-order valence-corrected chi connectivity index (χ3v) is 11.1. The zero-order valence-electron chi connectivity index (χ0n) is 37.4. The van der Waals surface area contributed by atoms with E-state index in [0.717, 1.165) is 110 Å². The second-order valence-corrected chi connectivity index (χ2v) is 16.5. The summed E-state index contributed by atoms with van der Waals surface area (Å²) in [5.74, 6) is -0.00410. The van der Waals surface area contributed by atoms with Crippen LogP contribution in [0.25, 0.3) is 0 Å². The van der Waals surface area contributed by atoms with Crippen molar-refractivity contribution in [1.82, 2.24) is 4.90 Å². The van der Waals surface area contributed by atoms with Gasteiger partial charge >= 0.3 is 11.9 Å². The van der Waals surface area contributed by atoms with Crippen LogP contribution in [-0.2, 0) is 23.8 Å². The summed E-state index contributed by atoms with van der Waals surface area (Å²) in [5.41, 5.74) is 0. The van der Waals surface area contributed by atoms with E-state index in [4.69, 9.17) is 19.3 Å². The maximum atomic E-state index is 12.8. The van der Waals surface area contributed by atoms with Crippen molar-refractivity contribution in [3.63, 3.8) is 0 Å². The molecule has 0 rings (SSSR count). The molecule has 55 heavy (non-hydrogen) atoms. The summed E-state index contributed by atoms with van der Waals surface area (Å²) >= 11 is 0. The summed E-state index contributed by atoms with van der Waals surface area (Å²) in [5, 5.41) is 9.11. The lowest BCUT2D eigenvalue weighted by molar-refractivity contribution is -0.151. The molecule has 0 saturated heterocycles. The van der Waals surface area contributed by atoms with Crippen LogP contribution in [0.5, 0.6) is 0 Å². The quantitative estimate of drug-likeness (QED) is 0.0486. The maximum Gasteiger partial charge on any atom is 0.306 e. The van der Waals surface area contributed by atoms with Gasteiger partial charge in [0.2, 0.25) is 0 Å². The molecule has 328 valence electrons. The first-order valence-corrected chi connectivity index (χ1v) is 24.3. The SMILES string of the molecule is CCCCCCCCC(CCCCCC)OC(=O)CCCCCCN(CCCCCCC(=O)OC(CCCCCC)CCCCCCCC)CCOCCO. The van der Waals surface area contributed by atoms with Crippen molar-refractivity contribution >= 4 is 11.9 Å². The molecule has 0 aliphatic heterocycles. The number of carbonyl (C=O) groups is 2. The van der Waals surface area contributed by atoms with Crippen LogP contribution in [0, 0.1) is 0 Å². The van der Waals surface area contributed by atoms with Gasteiger partial charge < -0.3 is 24.2 Å². The van der Waals surface area contributed by atoms with Crippen LogP contribution in [0.4, 0.5) is 0 Å². The normalized spacial score (nSPS) is 12.7. The first-order valence-electron chi connectivity index (χ1n) is 24.3. The van der Waals surface area contributed by atoms with Crippen molar-refractivity contribution in [2.24, 2.45) is 0 Å². The number of nitrogens with zero attached hydrogens (tertiary/aromatic N) is 1. The molecule has 7 heteroatoms. The Bertz CT molecular complexity index is 736. The Morgan fingerprint density at radius 1 is 0.418 bits per heavy atom. The van der Waals surface area contributed by atoms with E-state index in [-0.39, 0.29) is 30.8 Å². The Balaban J connectivity index is 4.44. The summed E-state index contributed by atoms with van der Waals surface area (Å²) in [4.78, 5) is 28.0. The van der Waals surface area contributed by atoms with Crippen LogP contribution in [0.3, 0.4) is 0 Å². The van der Waals surface area contributed by atoms with E-state index in [1.165, 1.54) is 116 Å². The van der Waals surface area contributed by atoms with E-state index < -0.39 is 0 Å². The topological polar surface area (TPSA) is 85.3 Å². The lowest BCUT2D eigenvalue weighted by Crippen LogP contribution is -2.30. The number of rotatable bonds is 45. The predicted octanol–water partition coefficient (Wildman–Crippen LogP) is 13.5. The molecular formula is C48H95NO6. The fourth-order valence-corrected chi connectivity index (χ4v) is 7.53. The average Bonchev–Trinajstić information content (AvgIpc) is 3.18. The van der Waals surface area contributed by atoms with E-state index in [1.54, 1.807) is 0 Å². The monoisotopic (exact) mass is 782 g/mol. The second kappa shape index (κ2) is 43.9. The second-order valence-electron chi connectivity index (χ2n) is 16.5. The third-order valence-electron chi connectivity index (χ3n) is 11.1. The highest BCUT2D eigenvalue weighted by molar-refractivity contribution is 5.69. The minimum atomic E-state index is -0.00205. The first kappa shape index (κ1) is 53.8. The lowest BCUT2D eigenvalue weighted by atomic mass is 10.0. The van der Waals surface area contributed by atoms with E-state index in [1.807, 2.05) is 0 Å². The molecule has 0 aliphatic carbocycles. The van der Waals surface area contributed by atoms with E-state index in [2.05, 4.69) is 32.6 Å². The van der Waals surface area contributed by atoms with Gasteiger partial charge in [-0.15, -0.1) is 0 Å². The van der Waals surface area contributed by atoms with Crippen molar-refractivity contribution in [3.8, 4) is 0 Å². The Hall–Kier alpha value is -1.18. The lowest BCUT2D eigenvalue weighted by Gasteiger charge is -2.22. The van der Waals surface area contributed by atoms with Gasteiger partial charge in [-0.3, -0.25) is 9.59 Å². The minimum absolute atomic E-state index is 0.00205. The molecule has 1 N–H and O–H groups in total. The summed E-state index contributed by atoms with van der Waals surface area (Å²) < 4.78 is 17.6. The van der Waals surface area contributed by atoms with Crippen molar-refractivity contribution in [3.05, 3.63) is 0 Å². The number of aliphatic hydroxyl groups is 1. The molecular weight excluding hydrogens is 687 g/mol. The van der Waals surface area contributed by atoms with Crippen LogP contribution >= 0.6 is 0 Å². The van der Waals surface area contributed by atoms with Gasteiger partial charge in [-0.2, -0.15) is 0 Å². The standard InChI is InChI=1S/C48H95NO6/c1-5-9-13-17-19-27-35-45(33-25-15-11-7-3)54-47(51)37-29-21-23-31-39-49(41-43-53-44-42-50)40-32-24-22-30-38-48(52)55-46(34-26-16-12-8-4)36-28-20-18-14-10-6-2/h45-46,50H,5-44H2,1-4H3. The van der Waals surface area contributed by atoms with E-state index >= 15 is 0 Å². The van der Waals surface area contributed by atoms with Gasteiger partial charge in [-0.05, 0) is 90.1 Å². The minimum Gasteiger partial charge on any atom is -0.462 e. The molecule has 2 unspecified atom stereocenters. The molecule has 0 amide bonds. The summed E-state index contributed by atoms with van der Waals surface area (Å²) in [7, 11) is 0. The first-order chi connectivity index (χ1) is 27.0. The number of unbranched alkanes of at least 4 members (excludes halogenated alkanes) is 22. The Morgan fingerprint density at radius 3 is 1.13 bits per heavy atom. The van der Waals surface area contributed by atoms with Crippen molar-refractivity contribution in [2.45, 2.75) is 258 Å². The highest BCUT2D eigenvalue weighted by Crippen LogP contribution is 2.19. The molecule has 0 aromatic heterocycles. The summed E-state index contributed by atoms with van der Waals surface area (Å²) in [6, 6.07) is 0. The van der Waals surface area contributed by atoms with Crippen LogP contribution in [0.1, 0.15) is 246 Å². The smallest absolute Gasteiger partial charge is 0.306 e. The molecule has 0 aromatic carbocycles. The molecule has 0 radical (unpaired) electrons. The van der Waals surface area contributed by atoms with Crippen LogP contribution in [0.2, 0.25) is 0 Å². The fraction of sp³-hybridized carbons (Fsp3) is 0.958. The van der Waals surface area contributed by atoms with Gasteiger partial charge in [-0.1, -0.05) is 156 Å². The summed E-state index contributed by atoms with van der Waals surface area (Å²) in [6.07, 6.45) is 38.8. The van der Waals surface area contributed by atoms with Gasteiger partial charge in [-0.25, -0.2) is 0 Å². The predicted molar refractivity (Wildman–Crippen MR) is 234 cm³/mol. The van der Waals surface area contributed by atoms with Gasteiger partial charge in [0, 0.05) is 19.4 Å². The van der Waals surface area contributed by atoms with Crippen LogP contribution in [-0.4, -0.2) is 73.6 Å². The fourth-order valence-electron chi connectivity index (χ4n) is 7.53. The molecule has 2 atom stereocenters. The third kappa shape index (κ3) is 39.4. The van der Waals surface area contributed by atoms with Crippen molar-refractivity contribution < 1.29 is 28.9 Å². The Morgan fingerprint density at radius 2 is 0.745 bits per heavy atom. The Kier molecular flexibility index (Phi) is 43.0. The van der Waals surface area contributed by atoms with Gasteiger partial charge in [0.15, 0.2) is 0 Å². The molecule has 0 saturated carbocycles. The molecule has 0 fully saturated rings. The average molecular weight is 782 g/mol. The number of hydrogen-bond donors (Lipinski definition) is 1. The van der Waals surface area contributed by atoms with Gasteiger partial charge in [0.25, 0.3) is 0 Å². The number of esters is 2. The molecule has 0 heterocycles. The van der Waals surface area contributed by atoms with E-state index in [0.29, 0.717) is 26.1 Å². The van der Waals surface area contributed by atoms with Gasteiger partial charge in [0.1, 0.15) is 12.2 Å². The highest BCUT2D eigenvalue weighted by atomic mass is 16.5. The molecule has 0 aromatic rings. The Labute approximate surface area is 342 Å². The molecule has 0 bridgehead atoms. The number of ether oxygens (including phenoxy) is 3. The molecule has 0 spiro atoms. The maximum absolute atomic E-state index is 12.8. The zero-order valence-corrected chi connectivity index (χ0v) is 37.4. The largest absolute Gasteiger partial charge is 0.462 e. The van der Waals surface area contributed by atoms with Crippen molar-refractivity contribution in [1.29, 1.82) is 0 Å².